The number of aromatic carboxylic acids is 1. The molecule has 36 heavy (non-hydrogen) atoms. The molecule has 1 aliphatic heterocycles. The lowest BCUT2D eigenvalue weighted by Gasteiger charge is -2.21. The predicted octanol–water partition coefficient (Wildman–Crippen LogP) is 4.41. The van der Waals surface area contributed by atoms with Crippen LogP contribution in [0.15, 0.2) is 71.0 Å². The number of nitrogens with zero attached hydrogens (tertiary/aromatic N) is 2. The molecular formula is C24H32ClN5O4S2. The summed E-state index contributed by atoms with van der Waals surface area (Å²) in [6.45, 7) is 9.46. The third kappa shape index (κ3) is 7.50. The lowest BCUT2D eigenvalue weighted by molar-refractivity contribution is 0.0696. The van der Waals surface area contributed by atoms with Gasteiger partial charge in [0.05, 0.1) is 27.0 Å². The number of sulfonamides is 1. The summed E-state index contributed by atoms with van der Waals surface area (Å²) in [5.41, 5.74) is 8.72. The van der Waals surface area contributed by atoms with Crippen molar-refractivity contribution in [1.29, 1.82) is 0 Å². The summed E-state index contributed by atoms with van der Waals surface area (Å²) in [4.78, 5) is 14.5. The number of hydrogen-bond donors (Lipinski definition) is 4. The van der Waals surface area contributed by atoms with Crippen LogP contribution in [0.2, 0.25) is 5.02 Å². The number of nitrogens with one attached hydrogen (secondary N) is 3. The molecule has 0 saturated heterocycles. The van der Waals surface area contributed by atoms with Gasteiger partial charge in [-0.3, -0.25) is 15.2 Å². The van der Waals surface area contributed by atoms with E-state index in [4.69, 9.17) is 16.7 Å². The van der Waals surface area contributed by atoms with Crippen LogP contribution in [0, 0.1) is 0 Å². The zero-order chi connectivity index (χ0) is 27.5. The first-order chi connectivity index (χ1) is 17.0. The summed E-state index contributed by atoms with van der Waals surface area (Å²) in [5.74, 6) is -0.758. The lowest BCUT2D eigenvalue weighted by atomic mass is 9.95. The van der Waals surface area contributed by atoms with E-state index in [2.05, 4.69) is 46.9 Å². The Morgan fingerprint density at radius 3 is 2.50 bits per heavy atom. The molecule has 1 aromatic heterocycles. The van der Waals surface area contributed by atoms with Gasteiger partial charge in [-0.25, -0.2) is 18.2 Å². The highest BCUT2D eigenvalue weighted by atomic mass is 35.5. The van der Waals surface area contributed by atoms with Crippen LogP contribution in [-0.2, 0) is 10.0 Å². The predicted molar refractivity (Wildman–Crippen MR) is 150 cm³/mol. The molecule has 1 atom stereocenters. The zero-order valence-corrected chi connectivity index (χ0v) is 23.3. The number of anilines is 1. The van der Waals surface area contributed by atoms with Crippen LogP contribution in [0.25, 0.3) is 0 Å². The molecule has 1 aromatic rings. The first-order valence-electron chi connectivity index (χ1n) is 10.9. The maximum atomic E-state index is 12.8. The number of hydrazine groups is 1. The van der Waals surface area contributed by atoms with Crippen molar-refractivity contribution in [2.45, 2.75) is 33.2 Å². The topological polar surface area (TPSA) is 124 Å². The van der Waals surface area contributed by atoms with Crippen molar-refractivity contribution < 1.29 is 18.3 Å². The summed E-state index contributed by atoms with van der Waals surface area (Å²) < 4.78 is 27.0. The Kier molecular flexibility index (Phi) is 12.5. The Hall–Kier alpha value is -2.99. The maximum Gasteiger partial charge on any atom is 0.337 e. The minimum absolute atomic E-state index is 0.0305. The summed E-state index contributed by atoms with van der Waals surface area (Å²) in [6, 6.07) is 1.09. The molecule has 1 aliphatic rings. The Bertz CT molecular complexity index is 1210. The van der Waals surface area contributed by atoms with Gasteiger partial charge in [0.1, 0.15) is 0 Å². The number of aromatic nitrogens is 1. The van der Waals surface area contributed by atoms with Gasteiger partial charge in [-0.05, 0) is 50.6 Å². The van der Waals surface area contributed by atoms with Gasteiger partial charge in [0, 0.05) is 18.9 Å². The number of halogens is 1. The fourth-order valence-electron chi connectivity index (χ4n) is 3.28. The fourth-order valence-corrected chi connectivity index (χ4v) is 5.00. The molecule has 0 aromatic carbocycles. The van der Waals surface area contributed by atoms with E-state index in [9.17, 15) is 13.2 Å². The highest BCUT2D eigenvalue weighted by Crippen LogP contribution is 2.33. The van der Waals surface area contributed by atoms with Crippen molar-refractivity contribution in [2.24, 2.45) is 0 Å². The van der Waals surface area contributed by atoms with E-state index in [1.807, 2.05) is 45.2 Å². The van der Waals surface area contributed by atoms with E-state index in [1.165, 1.54) is 28.1 Å². The van der Waals surface area contributed by atoms with Gasteiger partial charge in [-0.1, -0.05) is 61.6 Å². The van der Waals surface area contributed by atoms with Crippen LogP contribution in [0.3, 0.4) is 0 Å². The number of likely N-dealkylation sites (N-methyl/N-ethyl adjacent to an activating group) is 1. The molecule has 0 saturated carbocycles. The minimum Gasteiger partial charge on any atom is -0.478 e. The van der Waals surface area contributed by atoms with Crippen molar-refractivity contribution in [2.75, 3.05) is 19.5 Å². The molecule has 0 amide bonds. The second-order valence-corrected chi connectivity index (χ2v) is 9.90. The Labute approximate surface area is 223 Å². The molecule has 0 radical (unpaired) electrons. The number of thiocarbonyl (C=S) groups is 1. The average Bonchev–Trinajstić information content (AvgIpc) is 2.89. The molecule has 0 fully saturated rings. The van der Waals surface area contributed by atoms with Gasteiger partial charge in [0.25, 0.3) is 10.0 Å². The SMILES string of the molecule is C=CC1=C(/C=C\C)C(NC)C(/C=C\CC)=C(C)N(C)S1(=O)=O.O=C(O)c1cnc(NNC=S)c(Cl)c1. The molecule has 9 nitrogen and oxygen atoms in total. The van der Waals surface area contributed by atoms with Gasteiger partial charge in [-0.2, -0.15) is 0 Å². The van der Waals surface area contributed by atoms with Gasteiger partial charge in [0.15, 0.2) is 5.82 Å². The molecule has 2 rings (SSSR count). The van der Waals surface area contributed by atoms with Crippen LogP contribution in [0.4, 0.5) is 5.82 Å². The second-order valence-electron chi connectivity index (χ2n) is 7.32. The standard InChI is InChI=1S/C17H26N2O2S.C7H6ClN3O2S/c1-7-10-12-14-13(4)19(6)22(20,21)16(9-3)15(11-8-2)17(14)18-5;8-5-1-4(7(12)13)2-9-6(5)11-10-3-14/h8-12,17-18H,3,7H2,1-2,4-6H3;1-3H,(H,9,11)(H,10,14)(H,12,13)/b11-8-,12-10-;. The molecular weight excluding hydrogens is 522 g/mol. The summed E-state index contributed by atoms with van der Waals surface area (Å²) in [6.07, 6.45) is 11.2. The Balaban J connectivity index is 0.000000397. The third-order valence-electron chi connectivity index (χ3n) is 5.13. The number of allylic oxidation sites excluding steroid dienone is 4. The highest BCUT2D eigenvalue weighted by molar-refractivity contribution is 7.93. The summed E-state index contributed by atoms with van der Waals surface area (Å²) in [5, 5.41) is 12.1. The van der Waals surface area contributed by atoms with Gasteiger partial charge in [-0.15, -0.1) is 0 Å². The summed E-state index contributed by atoms with van der Waals surface area (Å²) >= 11 is 10.2. The maximum absolute atomic E-state index is 12.8. The van der Waals surface area contributed by atoms with Crippen molar-refractivity contribution in [3.63, 3.8) is 0 Å². The van der Waals surface area contributed by atoms with Crippen LogP contribution >= 0.6 is 23.8 Å². The van der Waals surface area contributed by atoms with E-state index in [0.29, 0.717) is 17.1 Å². The zero-order valence-electron chi connectivity index (χ0n) is 20.9. The molecule has 196 valence electrons. The van der Waals surface area contributed by atoms with Crippen LogP contribution in [-0.4, -0.2) is 54.4 Å². The van der Waals surface area contributed by atoms with Crippen LogP contribution < -0.4 is 16.2 Å². The fraction of sp³-hybridized carbons (Fsp3) is 0.292. The molecule has 0 aliphatic carbocycles. The molecule has 4 N–H and O–H groups in total. The molecule has 0 bridgehead atoms. The normalized spacial score (nSPS) is 17.5. The van der Waals surface area contributed by atoms with Gasteiger partial charge >= 0.3 is 5.97 Å². The van der Waals surface area contributed by atoms with E-state index in [1.54, 1.807) is 7.05 Å². The first kappa shape index (κ1) is 31.0. The molecule has 12 heteroatoms. The number of hydrogen-bond acceptors (Lipinski definition) is 7. The van der Waals surface area contributed by atoms with Crippen molar-refractivity contribution in [3.8, 4) is 0 Å². The number of carbonyl (C=O) groups is 1. The van der Waals surface area contributed by atoms with E-state index in [-0.39, 0.29) is 21.5 Å². The third-order valence-corrected chi connectivity index (χ3v) is 7.49. The Morgan fingerprint density at radius 1 is 1.36 bits per heavy atom. The van der Waals surface area contributed by atoms with Crippen LogP contribution in [0.5, 0.6) is 0 Å². The minimum atomic E-state index is -3.60. The monoisotopic (exact) mass is 553 g/mol. The first-order valence-corrected chi connectivity index (χ1v) is 13.2. The lowest BCUT2D eigenvalue weighted by Crippen LogP contribution is -2.29. The van der Waals surface area contributed by atoms with E-state index in [0.717, 1.165) is 12.0 Å². The number of carboxylic acid groups (broad SMARTS) is 1. The Morgan fingerprint density at radius 2 is 2.03 bits per heavy atom. The van der Waals surface area contributed by atoms with Crippen LogP contribution in [0.1, 0.15) is 37.6 Å². The largest absolute Gasteiger partial charge is 0.478 e. The molecule has 1 unspecified atom stereocenters. The van der Waals surface area contributed by atoms with E-state index < -0.39 is 16.0 Å². The van der Waals surface area contributed by atoms with Crippen molar-refractivity contribution in [1.82, 2.24) is 20.0 Å². The second kappa shape index (κ2) is 14.5. The highest BCUT2D eigenvalue weighted by Gasteiger charge is 2.33. The van der Waals surface area contributed by atoms with Crippen molar-refractivity contribution in [3.05, 3.63) is 81.6 Å². The van der Waals surface area contributed by atoms with Gasteiger partial charge < -0.3 is 10.4 Å². The number of pyridine rings is 1. The number of rotatable bonds is 9. The molecule has 2 heterocycles. The smallest absolute Gasteiger partial charge is 0.337 e. The van der Waals surface area contributed by atoms with Gasteiger partial charge in [0.2, 0.25) is 0 Å². The molecule has 0 spiro atoms. The average molecular weight is 554 g/mol. The summed E-state index contributed by atoms with van der Waals surface area (Å²) in [7, 11) is -0.183. The quantitative estimate of drug-likeness (QED) is 0.260. The number of carboxylic acids is 1. The van der Waals surface area contributed by atoms with E-state index >= 15 is 0 Å². The van der Waals surface area contributed by atoms with Crippen molar-refractivity contribution >= 4 is 51.1 Å².